The highest BCUT2D eigenvalue weighted by Crippen LogP contribution is 2.24. The summed E-state index contributed by atoms with van der Waals surface area (Å²) in [5.74, 6) is 0.611. The Labute approximate surface area is 154 Å². The predicted molar refractivity (Wildman–Crippen MR) is 105 cm³/mol. The van der Waals surface area contributed by atoms with Gasteiger partial charge in [0.05, 0.1) is 19.3 Å². The van der Waals surface area contributed by atoms with Crippen LogP contribution in [0.5, 0.6) is 0 Å². The van der Waals surface area contributed by atoms with Crippen molar-refractivity contribution in [1.82, 2.24) is 9.47 Å². The molecule has 0 bridgehead atoms. The molecule has 23 heavy (non-hydrogen) atoms. The van der Waals surface area contributed by atoms with Crippen molar-refractivity contribution in [3.05, 3.63) is 35.5 Å². The Balaban J connectivity index is 0.00000192. The zero-order valence-electron chi connectivity index (χ0n) is 14.0. The predicted octanol–water partition coefficient (Wildman–Crippen LogP) is 2.64. The van der Waals surface area contributed by atoms with E-state index in [2.05, 4.69) is 59.6 Å². The average Bonchev–Trinajstić information content (AvgIpc) is 2.77. The van der Waals surface area contributed by atoms with Crippen LogP contribution in [0.1, 0.15) is 18.2 Å². The molecule has 2 aromatic rings. The summed E-state index contributed by atoms with van der Waals surface area (Å²) in [6.07, 6.45) is 0.210. The maximum Gasteiger partial charge on any atom is 0.191 e. The fraction of sp³-hybridized carbons (Fsp3) is 0.471. The summed E-state index contributed by atoms with van der Waals surface area (Å²) in [5, 5.41) is 1.29. The van der Waals surface area contributed by atoms with E-state index in [-0.39, 0.29) is 30.1 Å². The van der Waals surface area contributed by atoms with Gasteiger partial charge >= 0.3 is 0 Å². The molecule has 1 aliphatic heterocycles. The smallest absolute Gasteiger partial charge is 0.191 e. The fourth-order valence-corrected chi connectivity index (χ4v) is 3.14. The highest BCUT2D eigenvalue weighted by Gasteiger charge is 2.18. The van der Waals surface area contributed by atoms with Gasteiger partial charge in [-0.3, -0.25) is 0 Å². The third-order valence-corrected chi connectivity index (χ3v) is 4.46. The number of fused-ring (bicyclic) bond motifs is 1. The van der Waals surface area contributed by atoms with Gasteiger partial charge in [-0.2, -0.15) is 0 Å². The van der Waals surface area contributed by atoms with E-state index in [1.165, 1.54) is 22.2 Å². The number of ether oxygens (including phenoxy) is 1. The van der Waals surface area contributed by atoms with Crippen molar-refractivity contribution < 1.29 is 4.74 Å². The van der Waals surface area contributed by atoms with Crippen LogP contribution in [0.25, 0.3) is 10.9 Å². The molecule has 1 saturated heterocycles. The number of rotatable bonds is 2. The maximum atomic E-state index is 6.16. The van der Waals surface area contributed by atoms with Gasteiger partial charge in [-0.05, 0) is 25.5 Å². The number of aryl methyl sites for hydroxylation is 2. The Kier molecular flexibility index (Phi) is 5.91. The van der Waals surface area contributed by atoms with Gasteiger partial charge in [0.2, 0.25) is 0 Å². The molecule has 0 amide bonds. The molecule has 1 unspecified atom stereocenters. The van der Waals surface area contributed by atoms with Crippen LogP contribution in [0.4, 0.5) is 0 Å². The topological polar surface area (TPSA) is 55.8 Å². The van der Waals surface area contributed by atoms with Crippen LogP contribution in [0.3, 0.4) is 0 Å². The van der Waals surface area contributed by atoms with Crippen molar-refractivity contribution in [1.29, 1.82) is 0 Å². The largest absolute Gasteiger partial charge is 0.375 e. The molecule has 126 valence electrons. The van der Waals surface area contributed by atoms with Crippen molar-refractivity contribution >= 4 is 40.8 Å². The van der Waals surface area contributed by atoms with Crippen molar-refractivity contribution in [2.45, 2.75) is 26.5 Å². The molecular formula is C17H25IN4O. The summed E-state index contributed by atoms with van der Waals surface area (Å²) >= 11 is 0. The summed E-state index contributed by atoms with van der Waals surface area (Å²) in [4.78, 5) is 6.72. The summed E-state index contributed by atoms with van der Waals surface area (Å²) < 4.78 is 7.75. The van der Waals surface area contributed by atoms with E-state index in [1.807, 2.05) is 0 Å². The van der Waals surface area contributed by atoms with Gasteiger partial charge in [-0.1, -0.05) is 18.2 Å². The van der Waals surface area contributed by atoms with Crippen LogP contribution in [-0.4, -0.2) is 41.2 Å². The Morgan fingerprint density at radius 2 is 2.13 bits per heavy atom. The molecule has 2 N–H and O–H groups in total. The number of benzene rings is 1. The Bertz CT molecular complexity index is 671. The number of halogens is 1. The summed E-state index contributed by atoms with van der Waals surface area (Å²) in [5.41, 5.74) is 9.90. The second-order valence-corrected chi connectivity index (χ2v) is 5.95. The quantitative estimate of drug-likeness (QED) is 0.455. The lowest BCUT2D eigenvalue weighted by Gasteiger charge is -2.31. The lowest BCUT2D eigenvalue weighted by atomic mass is 10.1. The Morgan fingerprint density at radius 3 is 2.83 bits per heavy atom. The van der Waals surface area contributed by atoms with Crippen molar-refractivity contribution in [2.75, 3.05) is 19.7 Å². The first kappa shape index (κ1) is 18.1. The average molecular weight is 428 g/mol. The van der Waals surface area contributed by atoms with Gasteiger partial charge in [0.25, 0.3) is 0 Å². The molecule has 1 atom stereocenters. The standard InChI is InChI=1S/C17H24N4O.HI/c1-12-11-21(8-9-22-12)17(18)19-10-16-13(2)14-6-4-5-7-15(14)20(16)3;/h4-7,12H,8-11H2,1-3H3,(H2,18,19);1H. The minimum Gasteiger partial charge on any atom is -0.375 e. The molecule has 1 aliphatic rings. The van der Waals surface area contributed by atoms with Gasteiger partial charge in [-0.15, -0.1) is 24.0 Å². The van der Waals surface area contributed by atoms with E-state index in [1.54, 1.807) is 0 Å². The first-order valence-electron chi connectivity index (χ1n) is 7.77. The summed E-state index contributed by atoms with van der Waals surface area (Å²) in [7, 11) is 2.09. The first-order chi connectivity index (χ1) is 10.6. The van der Waals surface area contributed by atoms with Gasteiger partial charge < -0.3 is 19.9 Å². The normalized spacial score (nSPS) is 19.0. The van der Waals surface area contributed by atoms with E-state index in [4.69, 9.17) is 10.5 Å². The fourth-order valence-electron chi connectivity index (χ4n) is 3.14. The van der Waals surface area contributed by atoms with E-state index >= 15 is 0 Å². The minimum atomic E-state index is 0. The van der Waals surface area contributed by atoms with Crippen LogP contribution in [0, 0.1) is 6.92 Å². The van der Waals surface area contributed by atoms with Crippen molar-refractivity contribution in [3.8, 4) is 0 Å². The number of hydrogen-bond donors (Lipinski definition) is 1. The number of nitrogens with zero attached hydrogens (tertiary/aromatic N) is 3. The highest BCUT2D eigenvalue weighted by atomic mass is 127. The zero-order chi connectivity index (χ0) is 15.7. The molecule has 1 aromatic heterocycles. The molecule has 0 aliphatic carbocycles. The van der Waals surface area contributed by atoms with Crippen LogP contribution < -0.4 is 5.73 Å². The van der Waals surface area contributed by atoms with Crippen molar-refractivity contribution in [2.24, 2.45) is 17.8 Å². The molecule has 3 rings (SSSR count). The number of nitrogens with two attached hydrogens (primary N) is 1. The van der Waals surface area contributed by atoms with Crippen LogP contribution in [-0.2, 0) is 18.3 Å². The molecule has 2 heterocycles. The molecule has 6 heteroatoms. The molecule has 1 fully saturated rings. The molecule has 0 radical (unpaired) electrons. The summed E-state index contributed by atoms with van der Waals surface area (Å²) in [6.45, 7) is 7.16. The molecular weight excluding hydrogens is 403 g/mol. The number of morpholine rings is 1. The highest BCUT2D eigenvalue weighted by molar-refractivity contribution is 14.0. The Hall–Kier alpha value is -1.28. The number of aliphatic imine (C=N–C) groups is 1. The van der Waals surface area contributed by atoms with Gasteiger partial charge in [0.15, 0.2) is 5.96 Å². The van der Waals surface area contributed by atoms with E-state index in [0.717, 1.165) is 13.1 Å². The number of guanidine groups is 1. The monoisotopic (exact) mass is 428 g/mol. The van der Waals surface area contributed by atoms with E-state index in [0.29, 0.717) is 19.1 Å². The van der Waals surface area contributed by atoms with Crippen LogP contribution in [0.15, 0.2) is 29.3 Å². The van der Waals surface area contributed by atoms with Gasteiger partial charge in [0.1, 0.15) is 0 Å². The third kappa shape index (κ3) is 3.63. The number of para-hydroxylation sites is 1. The lowest BCUT2D eigenvalue weighted by molar-refractivity contribution is 0.00528. The maximum absolute atomic E-state index is 6.16. The SMILES string of the molecule is Cc1c(CN=C(N)N2CCOC(C)C2)n(C)c2ccccc12.I. The Morgan fingerprint density at radius 1 is 1.39 bits per heavy atom. The molecule has 1 aromatic carbocycles. The van der Waals surface area contributed by atoms with E-state index in [9.17, 15) is 0 Å². The first-order valence-corrected chi connectivity index (χ1v) is 7.77. The molecule has 5 nitrogen and oxygen atoms in total. The van der Waals surface area contributed by atoms with Crippen molar-refractivity contribution in [3.63, 3.8) is 0 Å². The zero-order valence-corrected chi connectivity index (χ0v) is 16.3. The van der Waals surface area contributed by atoms with Crippen LogP contribution in [0.2, 0.25) is 0 Å². The lowest BCUT2D eigenvalue weighted by Crippen LogP contribution is -2.47. The number of hydrogen-bond acceptors (Lipinski definition) is 2. The minimum absolute atomic E-state index is 0. The summed E-state index contributed by atoms with van der Waals surface area (Å²) in [6, 6.07) is 8.44. The van der Waals surface area contributed by atoms with E-state index < -0.39 is 0 Å². The second-order valence-electron chi connectivity index (χ2n) is 5.95. The number of aromatic nitrogens is 1. The molecule has 0 saturated carbocycles. The van der Waals surface area contributed by atoms with Gasteiger partial charge in [0, 0.05) is 36.7 Å². The third-order valence-electron chi connectivity index (χ3n) is 4.46. The van der Waals surface area contributed by atoms with Gasteiger partial charge in [-0.25, -0.2) is 4.99 Å². The second kappa shape index (κ2) is 7.53. The molecule has 0 spiro atoms. The van der Waals surface area contributed by atoms with Crippen LogP contribution >= 0.6 is 24.0 Å².